The van der Waals surface area contributed by atoms with Crippen LogP contribution in [0, 0.1) is 0 Å². The van der Waals surface area contributed by atoms with Gasteiger partial charge in [-0.1, -0.05) is 34.6 Å². The van der Waals surface area contributed by atoms with Crippen LogP contribution in [-0.4, -0.2) is 17.0 Å². The zero-order valence-electron chi connectivity index (χ0n) is 9.84. The summed E-state index contributed by atoms with van der Waals surface area (Å²) in [6.45, 7) is 2.19. The summed E-state index contributed by atoms with van der Waals surface area (Å²) in [5, 5.41) is 4.42. The number of halogens is 3. The van der Waals surface area contributed by atoms with E-state index in [4.69, 9.17) is 4.99 Å². The summed E-state index contributed by atoms with van der Waals surface area (Å²) in [5.74, 6) is 1.14. The zero-order chi connectivity index (χ0) is 13.1. The van der Waals surface area contributed by atoms with E-state index in [1.807, 2.05) is 12.1 Å². The van der Waals surface area contributed by atoms with Crippen LogP contribution in [-0.2, 0) is 0 Å². The summed E-state index contributed by atoms with van der Waals surface area (Å²) < 4.78 is 3.08. The molecule has 0 aliphatic carbocycles. The summed E-state index contributed by atoms with van der Waals surface area (Å²) in [5.41, 5.74) is 1.03. The molecular formula is C12H13Br3N2S. The first-order valence-corrected chi connectivity index (χ1v) is 9.08. The highest BCUT2D eigenvalue weighted by Crippen LogP contribution is 2.35. The number of anilines is 1. The molecule has 1 N–H and O–H groups in total. The molecular weight excluding hydrogens is 444 g/mol. The van der Waals surface area contributed by atoms with Crippen LogP contribution in [0.15, 0.2) is 30.5 Å². The molecule has 1 aliphatic rings. The Balaban J connectivity index is 2.21. The lowest BCUT2D eigenvalue weighted by molar-refractivity contribution is 0.634. The zero-order valence-corrected chi connectivity index (χ0v) is 15.4. The number of nitrogens with one attached hydrogen (secondary N) is 1. The second-order valence-corrected chi connectivity index (χ2v) is 7.71. The van der Waals surface area contributed by atoms with Crippen molar-refractivity contribution in [2.75, 3.05) is 11.1 Å². The van der Waals surface area contributed by atoms with Crippen LogP contribution in [0.4, 0.5) is 5.69 Å². The van der Waals surface area contributed by atoms with E-state index in [-0.39, 0.29) is 0 Å². The predicted molar refractivity (Wildman–Crippen MR) is 91.8 cm³/mol. The van der Waals surface area contributed by atoms with Gasteiger partial charge in [0, 0.05) is 19.2 Å². The summed E-state index contributed by atoms with van der Waals surface area (Å²) in [6.07, 6.45) is 2.28. The van der Waals surface area contributed by atoms with Crippen molar-refractivity contribution in [3.8, 4) is 0 Å². The van der Waals surface area contributed by atoms with Gasteiger partial charge in [0.1, 0.15) is 0 Å². The van der Waals surface area contributed by atoms with E-state index < -0.39 is 0 Å². The summed E-state index contributed by atoms with van der Waals surface area (Å²) in [6, 6.07) is 4.51. The quantitative estimate of drug-likeness (QED) is 0.621. The maximum absolute atomic E-state index is 4.72. The van der Waals surface area contributed by atoms with E-state index in [2.05, 4.69) is 60.0 Å². The van der Waals surface area contributed by atoms with Crippen molar-refractivity contribution in [3.05, 3.63) is 25.6 Å². The largest absolute Gasteiger partial charge is 0.333 e. The van der Waals surface area contributed by atoms with Crippen molar-refractivity contribution in [2.24, 2.45) is 4.99 Å². The van der Waals surface area contributed by atoms with E-state index in [1.165, 1.54) is 6.42 Å². The molecule has 0 saturated carbocycles. The monoisotopic (exact) mass is 454 g/mol. The fourth-order valence-corrected chi connectivity index (χ4v) is 5.13. The Bertz CT molecular complexity index is 453. The molecule has 1 atom stereocenters. The SMILES string of the molecule is CCC1CCSC(Nc2c(Br)cc(Br)cc2Br)=N1. The third-order valence-electron chi connectivity index (χ3n) is 2.70. The van der Waals surface area contributed by atoms with E-state index in [0.717, 1.165) is 36.4 Å². The number of benzene rings is 1. The standard InChI is InChI=1S/C12H13Br3N2S/c1-2-8-3-4-18-12(16-8)17-11-9(14)5-7(13)6-10(11)15/h5-6,8H,2-4H2,1H3,(H,16,17). The van der Waals surface area contributed by atoms with Crippen LogP contribution in [0.1, 0.15) is 19.8 Å². The van der Waals surface area contributed by atoms with Gasteiger partial charge in [0.2, 0.25) is 0 Å². The molecule has 1 unspecified atom stereocenters. The van der Waals surface area contributed by atoms with Crippen LogP contribution in [0.25, 0.3) is 0 Å². The molecule has 1 aromatic rings. The van der Waals surface area contributed by atoms with Crippen molar-refractivity contribution < 1.29 is 0 Å². The van der Waals surface area contributed by atoms with Crippen LogP contribution in [0.3, 0.4) is 0 Å². The first-order chi connectivity index (χ1) is 8.60. The minimum atomic E-state index is 0.460. The normalized spacial score (nSPS) is 19.6. The molecule has 0 spiro atoms. The number of hydrogen-bond acceptors (Lipinski definition) is 3. The van der Waals surface area contributed by atoms with Crippen LogP contribution >= 0.6 is 59.6 Å². The highest BCUT2D eigenvalue weighted by molar-refractivity contribution is 9.11. The first kappa shape index (κ1) is 14.9. The molecule has 6 heteroatoms. The summed E-state index contributed by atoms with van der Waals surface area (Å²) in [7, 11) is 0. The number of nitrogens with zero attached hydrogens (tertiary/aromatic N) is 1. The van der Waals surface area contributed by atoms with Gasteiger partial charge < -0.3 is 5.32 Å². The minimum absolute atomic E-state index is 0.460. The Labute approximate surface area is 137 Å². The fourth-order valence-electron chi connectivity index (χ4n) is 1.69. The van der Waals surface area contributed by atoms with E-state index in [0.29, 0.717) is 6.04 Å². The van der Waals surface area contributed by atoms with Gasteiger partial charge in [-0.15, -0.1) is 0 Å². The number of amidine groups is 1. The third kappa shape index (κ3) is 3.74. The van der Waals surface area contributed by atoms with Crippen LogP contribution in [0.2, 0.25) is 0 Å². The van der Waals surface area contributed by atoms with Crippen molar-refractivity contribution in [1.82, 2.24) is 0 Å². The van der Waals surface area contributed by atoms with E-state index in [1.54, 1.807) is 11.8 Å². The summed E-state index contributed by atoms with van der Waals surface area (Å²) in [4.78, 5) is 4.72. The molecule has 0 fully saturated rings. The number of thioether (sulfide) groups is 1. The lowest BCUT2D eigenvalue weighted by Crippen LogP contribution is -2.19. The van der Waals surface area contributed by atoms with Gasteiger partial charge in [0.05, 0.1) is 11.7 Å². The molecule has 1 heterocycles. The van der Waals surface area contributed by atoms with Crippen molar-refractivity contribution in [1.29, 1.82) is 0 Å². The molecule has 2 nitrogen and oxygen atoms in total. The van der Waals surface area contributed by atoms with Crippen molar-refractivity contribution in [2.45, 2.75) is 25.8 Å². The molecule has 2 rings (SSSR count). The molecule has 0 bridgehead atoms. The smallest absolute Gasteiger partial charge is 0.161 e. The van der Waals surface area contributed by atoms with Gasteiger partial charge in [0.15, 0.2) is 5.17 Å². The van der Waals surface area contributed by atoms with Gasteiger partial charge in [0.25, 0.3) is 0 Å². The molecule has 98 valence electrons. The molecule has 0 radical (unpaired) electrons. The highest BCUT2D eigenvalue weighted by atomic mass is 79.9. The Kier molecular flexibility index (Phi) is 5.60. The highest BCUT2D eigenvalue weighted by Gasteiger charge is 2.16. The van der Waals surface area contributed by atoms with Gasteiger partial charge in [-0.2, -0.15) is 0 Å². The maximum Gasteiger partial charge on any atom is 0.161 e. The molecule has 1 aromatic carbocycles. The second kappa shape index (κ2) is 6.77. The van der Waals surface area contributed by atoms with E-state index in [9.17, 15) is 0 Å². The first-order valence-electron chi connectivity index (χ1n) is 5.72. The maximum atomic E-state index is 4.72. The topological polar surface area (TPSA) is 24.4 Å². The second-order valence-electron chi connectivity index (χ2n) is 4.00. The lowest BCUT2D eigenvalue weighted by Gasteiger charge is -2.20. The Morgan fingerprint density at radius 3 is 2.61 bits per heavy atom. The Morgan fingerprint density at radius 1 is 1.33 bits per heavy atom. The average molecular weight is 457 g/mol. The van der Waals surface area contributed by atoms with E-state index >= 15 is 0 Å². The Hall–Kier alpha value is 0.480. The van der Waals surface area contributed by atoms with Gasteiger partial charge in [-0.25, -0.2) is 0 Å². The van der Waals surface area contributed by atoms with Gasteiger partial charge in [-0.3, -0.25) is 4.99 Å². The van der Waals surface area contributed by atoms with Gasteiger partial charge in [-0.05, 0) is 56.8 Å². The number of hydrogen-bond donors (Lipinski definition) is 1. The molecule has 1 aliphatic heterocycles. The Morgan fingerprint density at radius 2 is 2.00 bits per heavy atom. The summed E-state index contributed by atoms with van der Waals surface area (Å²) >= 11 is 12.4. The molecule has 18 heavy (non-hydrogen) atoms. The fraction of sp³-hybridized carbons (Fsp3) is 0.417. The number of aliphatic imine (C=N–C) groups is 1. The van der Waals surface area contributed by atoms with Crippen molar-refractivity contribution in [3.63, 3.8) is 0 Å². The lowest BCUT2D eigenvalue weighted by atomic mass is 10.2. The molecule has 0 amide bonds. The van der Waals surface area contributed by atoms with Crippen molar-refractivity contribution >= 4 is 70.4 Å². The van der Waals surface area contributed by atoms with Crippen LogP contribution < -0.4 is 5.32 Å². The van der Waals surface area contributed by atoms with Crippen LogP contribution in [0.5, 0.6) is 0 Å². The molecule has 0 aromatic heterocycles. The van der Waals surface area contributed by atoms with Gasteiger partial charge >= 0.3 is 0 Å². The minimum Gasteiger partial charge on any atom is -0.333 e. The number of rotatable bonds is 2. The average Bonchev–Trinajstić information content (AvgIpc) is 2.34. The molecule has 0 saturated heterocycles. The predicted octanol–water partition coefficient (Wildman–Crippen LogP) is 5.66. The third-order valence-corrected chi connectivity index (χ3v) is 5.33.